The lowest BCUT2D eigenvalue weighted by Crippen LogP contribution is -2.39. The Balaban J connectivity index is 1.78. The van der Waals surface area contributed by atoms with Gasteiger partial charge in [-0.25, -0.2) is 0 Å². The standard InChI is InChI=1S/C16H22N2O4/c1-12(16(19)17-11-13-5-3-2-4-6-13)22-15-9-7-14(8-10-15)18(20)21/h7-10,12-13H,2-6,11H2,1H3,(H,17,19)/t12-/m0/s1. The van der Waals surface area contributed by atoms with Crippen LogP contribution in [0.2, 0.25) is 0 Å². The van der Waals surface area contributed by atoms with E-state index in [9.17, 15) is 14.9 Å². The normalized spacial score (nSPS) is 16.8. The molecule has 1 N–H and O–H groups in total. The average molecular weight is 306 g/mol. The molecule has 1 aromatic carbocycles. The number of amides is 1. The van der Waals surface area contributed by atoms with E-state index in [1.807, 2.05) is 0 Å². The number of non-ortho nitro benzene ring substituents is 1. The molecule has 0 aliphatic heterocycles. The molecule has 1 amide bonds. The van der Waals surface area contributed by atoms with E-state index >= 15 is 0 Å². The van der Waals surface area contributed by atoms with Crippen molar-refractivity contribution in [2.75, 3.05) is 6.54 Å². The minimum absolute atomic E-state index is 0.00162. The van der Waals surface area contributed by atoms with E-state index in [1.165, 1.54) is 56.4 Å². The van der Waals surface area contributed by atoms with Gasteiger partial charge in [0.2, 0.25) is 0 Å². The molecule has 0 unspecified atom stereocenters. The van der Waals surface area contributed by atoms with Crippen LogP contribution in [-0.2, 0) is 4.79 Å². The maximum absolute atomic E-state index is 12.0. The topological polar surface area (TPSA) is 81.5 Å². The zero-order chi connectivity index (χ0) is 15.9. The first kappa shape index (κ1) is 16.3. The monoisotopic (exact) mass is 306 g/mol. The molecule has 0 spiro atoms. The highest BCUT2D eigenvalue weighted by atomic mass is 16.6. The molecule has 120 valence electrons. The molecule has 1 saturated carbocycles. The van der Waals surface area contributed by atoms with Crippen molar-refractivity contribution in [1.82, 2.24) is 5.32 Å². The lowest BCUT2D eigenvalue weighted by Gasteiger charge is -2.22. The van der Waals surface area contributed by atoms with E-state index in [2.05, 4.69) is 5.32 Å². The van der Waals surface area contributed by atoms with Crippen LogP contribution in [-0.4, -0.2) is 23.5 Å². The summed E-state index contributed by atoms with van der Waals surface area (Å²) in [4.78, 5) is 22.1. The second-order valence-corrected chi connectivity index (χ2v) is 5.76. The van der Waals surface area contributed by atoms with Crippen LogP contribution < -0.4 is 10.1 Å². The van der Waals surface area contributed by atoms with Gasteiger partial charge in [0.05, 0.1) is 4.92 Å². The SMILES string of the molecule is C[C@H](Oc1ccc([N+](=O)[O-])cc1)C(=O)NCC1CCCCC1. The molecule has 0 radical (unpaired) electrons. The largest absolute Gasteiger partial charge is 0.481 e. The van der Waals surface area contributed by atoms with Crippen LogP contribution in [0.5, 0.6) is 5.75 Å². The van der Waals surface area contributed by atoms with Gasteiger partial charge in [-0.2, -0.15) is 0 Å². The molecule has 0 aromatic heterocycles. The predicted molar refractivity (Wildman–Crippen MR) is 82.8 cm³/mol. The number of nitrogens with zero attached hydrogens (tertiary/aromatic N) is 1. The third-order valence-electron chi connectivity index (χ3n) is 4.02. The summed E-state index contributed by atoms with van der Waals surface area (Å²) in [7, 11) is 0. The molecule has 0 bridgehead atoms. The molecule has 0 heterocycles. The molecular weight excluding hydrogens is 284 g/mol. The molecular formula is C16H22N2O4. The van der Waals surface area contributed by atoms with E-state index < -0.39 is 11.0 Å². The molecule has 0 saturated heterocycles. The van der Waals surface area contributed by atoms with Crippen molar-refractivity contribution in [1.29, 1.82) is 0 Å². The summed E-state index contributed by atoms with van der Waals surface area (Å²) in [5.41, 5.74) is 0.00162. The summed E-state index contributed by atoms with van der Waals surface area (Å²) >= 11 is 0. The Kier molecular flexibility index (Phi) is 5.75. The molecule has 1 fully saturated rings. The number of hydrogen-bond donors (Lipinski definition) is 1. The van der Waals surface area contributed by atoms with Gasteiger partial charge in [0, 0.05) is 18.7 Å². The Labute approximate surface area is 130 Å². The first-order valence-electron chi connectivity index (χ1n) is 7.75. The molecule has 6 heteroatoms. The summed E-state index contributed by atoms with van der Waals surface area (Å²) in [5, 5.41) is 13.5. The van der Waals surface area contributed by atoms with E-state index in [1.54, 1.807) is 6.92 Å². The van der Waals surface area contributed by atoms with E-state index in [-0.39, 0.29) is 11.6 Å². The number of ether oxygens (including phenoxy) is 1. The fraction of sp³-hybridized carbons (Fsp3) is 0.562. The van der Waals surface area contributed by atoms with Crippen LogP contribution in [0.3, 0.4) is 0 Å². The molecule has 1 aromatic rings. The van der Waals surface area contributed by atoms with Gasteiger partial charge in [-0.3, -0.25) is 14.9 Å². The first-order chi connectivity index (χ1) is 10.6. The van der Waals surface area contributed by atoms with Crippen molar-refractivity contribution < 1.29 is 14.5 Å². The van der Waals surface area contributed by atoms with Crippen molar-refractivity contribution in [3.05, 3.63) is 34.4 Å². The van der Waals surface area contributed by atoms with Gasteiger partial charge in [-0.05, 0) is 37.8 Å². The van der Waals surface area contributed by atoms with E-state index in [0.717, 1.165) is 0 Å². The highest BCUT2D eigenvalue weighted by molar-refractivity contribution is 5.80. The molecule has 6 nitrogen and oxygen atoms in total. The number of benzene rings is 1. The summed E-state index contributed by atoms with van der Waals surface area (Å²) in [6, 6.07) is 5.73. The molecule has 2 rings (SSSR count). The number of nitro groups is 1. The highest BCUT2D eigenvalue weighted by Gasteiger charge is 2.18. The zero-order valence-corrected chi connectivity index (χ0v) is 12.8. The summed E-state index contributed by atoms with van der Waals surface area (Å²) in [6.07, 6.45) is 5.52. The third-order valence-corrected chi connectivity index (χ3v) is 4.02. The summed E-state index contributed by atoms with van der Waals surface area (Å²) in [6.45, 7) is 2.38. The minimum Gasteiger partial charge on any atom is -0.481 e. The minimum atomic E-state index is -0.620. The fourth-order valence-electron chi connectivity index (χ4n) is 2.68. The highest BCUT2D eigenvalue weighted by Crippen LogP contribution is 2.23. The van der Waals surface area contributed by atoms with Crippen molar-refractivity contribution in [3.63, 3.8) is 0 Å². The van der Waals surface area contributed by atoms with Gasteiger partial charge in [0.25, 0.3) is 11.6 Å². The van der Waals surface area contributed by atoms with Crippen molar-refractivity contribution in [2.24, 2.45) is 5.92 Å². The number of rotatable bonds is 6. The lowest BCUT2D eigenvalue weighted by atomic mass is 9.89. The number of nitrogens with one attached hydrogen (secondary N) is 1. The molecule has 1 aliphatic rings. The quantitative estimate of drug-likeness (QED) is 0.647. The summed E-state index contributed by atoms with van der Waals surface area (Å²) < 4.78 is 5.52. The molecule has 1 atom stereocenters. The van der Waals surface area contributed by atoms with Gasteiger partial charge in [0.1, 0.15) is 5.75 Å². The smallest absolute Gasteiger partial charge is 0.269 e. The van der Waals surface area contributed by atoms with Crippen molar-refractivity contribution >= 4 is 11.6 Å². The van der Waals surface area contributed by atoms with Gasteiger partial charge >= 0.3 is 0 Å². The van der Waals surface area contributed by atoms with Crippen LogP contribution >= 0.6 is 0 Å². The van der Waals surface area contributed by atoms with E-state index in [0.29, 0.717) is 18.2 Å². The number of hydrogen-bond acceptors (Lipinski definition) is 4. The average Bonchev–Trinajstić information content (AvgIpc) is 2.54. The second-order valence-electron chi connectivity index (χ2n) is 5.76. The van der Waals surface area contributed by atoms with Crippen LogP contribution in [0.4, 0.5) is 5.69 Å². The Morgan fingerprint density at radius 2 is 1.95 bits per heavy atom. The number of carbonyl (C=O) groups excluding carboxylic acids is 1. The second kappa shape index (κ2) is 7.77. The zero-order valence-electron chi connectivity index (χ0n) is 12.8. The van der Waals surface area contributed by atoms with Crippen LogP contribution in [0.15, 0.2) is 24.3 Å². The van der Waals surface area contributed by atoms with Crippen molar-refractivity contribution in [3.8, 4) is 5.75 Å². The Bertz CT molecular complexity index is 509. The Morgan fingerprint density at radius 1 is 1.32 bits per heavy atom. The number of carbonyl (C=O) groups is 1. The maximum Gasteiger partial charge on any atom is 0.269 e. The first-order valence-corrected chi connectivity index (χ1v) is 7.75. The van der Waals surface area contributed by atoms with Crippen LogP contribution in [0, 0.1) is 16.0 Å². The number of nitro benzene ring substituents is 1. The lowest BCUT2D eigenvalue weighted by molar-refractivity contribution is -0.384. The van der Waals surface area contributed by atoms with Gasteiger partial charge in [-0.15, -0.1) is 0 Å². The van der Waals surface area contributed by atoms with E-state index in [4.69, 9.17) is 4.74 Å². The van der Waals surface area contributed by atoms with Gasteiger partial charge < -0.3 is 10.1 Å². The third kappa shape index (κ3) is 4.72. The van der Waals surface area contributed by atoms with Crippen LogP contribution in [0.25, 0.3) is 0 Å². The van der Waals surface area contributed by atoms with Gasteiger partial charge in [0.15, 0.2) is 6.10 Å². The summed E-state index contributed by atoms with van der Waals surface area (Å²) in [5.74, 6) is 0.874. The fourth-order valence-corrected chi connectivity index (χ4v) is 2.68. The van der Waals surface area contributed by atoms with Gasteiger partial charge in [-0.1, -0.05) is 19.3 Å². The Hall–Kier alpha value is -2.11. The van der Waals surface area contributed by atoms with Crippen molar-refractivity contribution in [2.45, 2.75) is 45.1 Å². The van der Waals surface area contributed by atoms with Crippen LogP contribution in [0.1, 0.15) is 39.0 Å². The molecule has 1 aliphatic carbocycles. The predicted octanol–water partition coefficient (Wildman–Crippen LogP) is 3.06. The molecule has 22 heavy (non-hydrogen) atoms. The maximum atomic E-state index is 12.0. The Morgan fingerprint density at radius 3 is 2.55 bits per heavy atom.